The summed E-state index contributed by atoms with van der Waals surface area (Å²) in [5.41, 5.74) is 0.428. The Bertz CT molecular complexity index is 583. The van der Waals surface area contributed by atoms with Gasteiger partial charge in [-0.05, 0) is 19.1 Å². The Morgan fingerprint density at radius 3 is 2.90 bits per heavy atom. The van der Waals surface area contributed by atoms with Crippen LogP contribution in [0.15, 0.2) is 12.1 Å². The molecule has 0 fully saturated rings. The van der Waals surface area contributed by atoms with E-state index in [0.717, 1.165) is 6.42 Å². The minimum atomic E-state index is -0.227. The molecule has 0 saturated heterocycles. The SMILES string of the molecule is CC(C#N)CN(C)C(=O)c1cc(Cl)c2c(c1)OCCCO2. The Morgan fingerprint density at radius 2 is 2.19 bits per heavy atom. The van der Waals surface area contributed by atoms with Crippen molar-refractivity contribution in [1.82, 2.24) is 4.90 Å². The number of halogens is 1. The monoisotopic (exact) mass is 308 g/mol. The van der Waals surface area contributed by atoms with Gasteiger partial charge in [0, 0.05) is 25.6 Å². The maximum atomic E-state index is 12.4. The largest absolute Gasteiger partial charge is 0.489 e. The molecule has 0 bridgehead atoms. The van der Waals surface area contributed by atoms with Gasteiger partial charge >= 0.3 is 0 Å². The predicted molar refractivity (Wildman–Crippen MR) is 78.8 cm³/mol. The highest BCUT2D eigenvalue weighted by Gasteiger charge is 2.21. The van der Waals surface area contributed by atoms with E-state index in [-0.39, 0.29) is 11.8 Å². The lowest BCUT2D eigenvalue weighted by atomic mass is 10.1. The molecule has 112 valence electrons. The molecular weight excluding hydrogens is 292 g/mol. The van der Waals surface area contributed by atoms with Crippen LogP contribution in [0.25, 0.3) is 0 Å². The average molecular weight is 309 g/mol. The summed E-state index contributed by atoms with van der Waals surface area (Å²) < 4.78 is 11.1. The molecule has 1 aliphatic heterocycles. The second kappa shape index (κ2) is 6.68. The summed E-state index contributed by atoms with van der Waals surface area (Å²) in [5, 5.41) is 9.18. The topological polar surface area (TPSA) is 62.6 Å². The first-order chi connectivity index (χ1) is 10.0. The summed E-state index contributed by atoms with van der Waals surface area (Å²) in [6.07, 6.45) is 0.772. The van der Waals surface area contributed by atoms with E-state index in [4.69, 9.17) is 26.3 Å². The van der Waals surface area contributed by atoms with Gasteiger partial charge in [-0.25, -0.2) is 0 Å². The van der Waals surface area contributed by atoms with Crippen LogP contribution >= 0.6 is 11.6 Å². The van der Waals surface area contributed by atoms with Gasteiger partial charge in [-0.15, -0.1) is 0 Å². The van der Waals surface area contributed by atoms with Crippen molar-refractivity contribution < 1.29 is 14.3 Å². The number of fused-ring (bicyclic) bond motifs is 1. The standard InChI is InChI=1S/C15H17ClN2O3/c1-10(8-17)9-18(2)15(19)11-6-12(16)14-13(7-11)20-4-3-5-21-14/h6-7,10H,3-5,9H2,1-2H3. The number of carbonyl (C=O) groups is 1. The summed E-state index contributed by atoms with van der Waals surface area (Å²) in [6.45, 7) is 3.20. The van der Waals surface area contributed by atoms with E-state index in [1.807, 2.05) is 0 Å². The molecular formula is C15H17ClN2O3. The number of carbonyl (C=O) groups excluding carboxylic acids is 1. The van der Waals surface area contributed by atoms with Crippen molar-refractivity contribution in [3.8, 4) is 17.6 Å². The molecule has 2 rings (SSSR count). The second-order valence-electron chi connectivity index (χ2n) is 5.05. The van der Waals surface area contributed by atoms with Crippen LogP contribution in [-0.2, 0) is 0 Å². The van der Waals surface area contributed by atoms with E-state index >= 15 is 0 Å². The van der Waals surface area contributed by atoms with Gasteiger partial charge in [0.15, 0.2) is 11.5 Å². The van der Waals surface area contributed by atoms with Gasteiger partial charge in [0.25, 0.3) is 5.91 Å². The Labute approximate surface area is 129 Å². The fourth-order valence-corrected chi connectivity index (χ4v) is 2.37. The quantitative estimate of drug-likeness (QED) is 0.861. The lowest BCUT2D eigenvalue weighted by Crippen LogP contribution is -2.30. The van der Waals surface area contributed by atoms with Gasteiger partial charge in [-0.1, -0.05) is 11.6 Å². The molecule has 1 unspecified atom stereocenters. The second-order valence-corrected chi connectivity index (χ2v) is 5.46. The molecule has 0 saturated carbocycles. The van der Waals surface area contributed by atoms with E-state index in [1.165, 1.54) is 4.90 Å². The summed E-state index contributed by atoms with van der Waals surface area (Å²) >= 11 is 6.17. The molecule has 1 aliphatic rings. The molecule has 0 spiro atoms. The number of hydrogen-bond donors (Lipinski definition) is 0. The first-order valence-electron chi connectivity index (χ1n) is 6.77. The Kier molecular flexibility index (Phi) is 4.92. The van der Waals surface area contributed by atoms with Crippen LogP contribution in [-0.4, -0.2) is 37.6 Å². The maximum absolute atomic E-state index is 12.4. The zero-order valence-electron chi connectivity index (χ0n) is 12.1. The van der Waals surface area contributed by atoms with Crippen LogP contribution in [0, 0.1) is 17.2 Å². The zero-order valence-corrected chi connectivity index (χ0v) is 12.8. The molecule has 0 N–H and O–H groups in total. The molecule has 1 aromatic rings. The van der Waals surface area contributed by atoms with Crippen molar-refractivity contribution in [2.45, 2.75) is 13.3 Å². The van der Waals surface area contributed by atoms with Crippen LogP contribution in [0.3, 0.4) is 0 Å². The third kappa shape index (κ3) is 3.59. The third-order valence-corrected chi connectivity index (χ3v) is 3.44. The number of rotatable bonds is 3. The van der Waals surface area contributed by atoms with Crippen molar-refractivity contribution in [3.63, 3.8) is 0 Å². The number of amides is 1. The number of nitriles is 1. The zero-order chi connectivity index (χ0) is 15.4. The van der Waals surface area contributed by atoms with Crippen LogP contribution in [0.5, 0.6) is 11.5 Å². The molecule has 1 aromatic carbocycles. The van der Waals surface area contributed by atoms with E-state index in [2.05, 4.69) is 6.07 Å². The van der Waals surface area contributed by atoms with Crippen LogP contribution in [0.2, 0.25) is 5.02 Å². The molecule has 0 radical (unpaired) electrons. The first kappa shape index (κ1) is 15.5. The van der Waals surface area contributed by atoms with Crippen molar-refractivity contribution in [3.05, 3.63) is 22.7 Å². The molecule has 21 heavy (non-hydrogen) atoms. The number of hydrogen-bond acceptors (Lipinski definition) is 4. The smallest absolute Gasteiger partial charge is 0.253 e. The average Bonchev–Trinajstić information content (AvgIpc) is 2.71. The molecule has 6 heteroatoms. The summed E-state index contributed by atoms with van der Waals surface area (Å²) in [4.78, 5) is 13.9. The third-order valence-electron chi connectivity index (χ3n) is 3.16. The van der Waals surface area contributed by atoms with Crippen LogP contribution < -0.4 is 9.47 Å². The number of ether oxygens (including phenoxy) is 2. The fourth-order valence-electron chi connectivity index (χ4n) is 2.11. The highest BCUT2D eigenvalue weighted by Crippen LogP contribution is 2.38. The minimum absolute atomic E-state index is 0.199. The van der Waals surface area contributed by atoms with Crippen molar-refractivity contribution >= 4 is 17.5 Å². The van der Waals surface area contributed by atoms with E-state index in [0.29, 0.717) is 41.8 Å². The molecule has 1 amide bonds. The minimum Gasteiger partial charge on any atom is -0.489 e. The van der Waals surface area contributed by atoms with Crippen molar-refractivity contribution in [2.24, 2.45) is 5.92 Å². The van der Waals surface area contributed by atoms with Gasteiger partial charge in [-0.2, -0.15) is 5.26 Å². The molecule has 0 aliphatic carbocycles. The van der Waals surface area contributed by atoms with Crippen molar-refractivity contribution in [2.75, 3.05) is 26.8 Å². The van der Waals surface area contributed by atoms with Gasteiger partial charge in [-0.3, -0.25) is 4.79 Å². The fraction of sp³-hybridized carbons (Fsp3) is 0.467. The van der Waals surface area contributed by atoms with Crippen LogP contribution in [0.1, 0.15) is 23.7 Å². The van der Waals surface area contributed by atoms with Crippen LogP contribution in [0.4, 0.5) is 0 Å². The van der Waals surface area contributed by atoms with Gasteiger partial charge in [0.2, 0.25) is 0 Å². The van der Waals surface area contributed by atoms with Gasteiger partial charge < -0.3 is 14.4 Å². The summed E-state index contributed by atoms with van der Waals surface area (Å²) in [5.74, 6) is 0.549. The normalized spacial score (nSPS) is 14.8. The Hall–Kier alpha value is -1.93. The Balaban J connectivity index is 2.24. The van der Waals surface area contributed by atoms with E-state index in [9.17, 15) is 4.79 Å². The first-order valence-corrected chi connectivity index (χ1v) is 7.15. The van der Waals surface area contributed by atoms with Gasteiger partial charge in [0.1, 0.15) is 0 Å². The number of benzene rings is 1. The summed E-state index contributed by atoms with van der Waals surface area (Å²) in [6, 6.07) is 5.32. The number of nitrogens with zero attached hydrogens (tertiary/aromatic N) is 2. The lowest BCUT2D eigenvalue weighted by Gasteiger charge is -2.19. The highest BCUT2D eigenvalue weighted by molar-refractivity contribution is 6.32. The predicted octanol–water partition coefficient (Wildman–Crippen LogP) is 2.73. The van der Waals surface area contributed by atoms with E-state index < -0.39 is 0 Å². The van der Waals surface area contributed by atoms with E-state index in [1.54, 1.807) is 26.1 Å². The van der Waals surface area contributed by atoms with Crippen molar-refractivity contribution in [1.29, 1.82) is 5.26 Å². The van der Waals surface area contributed by atoms with Gasteiger partial charge in [0.05, 0.1) is 30.2 Å². The molecule has 0 aromatic heterocycles. The molecule has 1 atom stereocenters. The lowest BCUT2D eigenvalue weighted by molar-refractivity contribution is 0.0784. The highest BCUT2D eigenvalue weighted by atomic mass is 35.5. The maximum Gasteiger partial charge on any atom is 0.253 e. The molecule has 5 nitrogen and oxygen atoms in total. The molecule has 1 heterocycles. The Morgan fingerprint density at radius 1 is 1.48 bits per heavy atom. The summed E-state index contributed by atoms with van der Waals surface area (Å²) in [7, 11) is 1.66.